The first-order valence-electron chi connectivity index (χ1n) is 8.72. The van der Waals surface area contributed by atoms with Crippen LogP contribution in [0.25, 0.3) is 10.9 Å². The first-order chi connectivity index (χ1) is 13.8. The summed E-state index contributed by atoms with van der Waals surface area (Å²) in [5.41, 5.74) is 0.711. The van der Waals surface area contributed by atoms with Crippen LogP contribution in [0.4, 0.5) is 13.2 Å². The molecule has 0 fully saturated rings. The third-order valence-corrected chi connectivity index (χ3v) is 4.62. The Morgan fingerprint density at radius 2 is 1.86 bits per heavy atom. The van der Waals surface area contributed by atoms with E-state index in [1.165, 1.54) is 13.2 Å². The van der Waals surface area contributed by atoms with Gasteiger partial charge in [0.1, 0.15) is 18.1 Å². The molecule has 0 aliphatic rings. The Bertz CT molecular complexity index is 1020. The molecule has 0 unspecified atom stereocenters. The molecule has 3 rings (SSSR count). The molecule has 4 nitrogen and oxygen atoms in total. The summed E-state index contributed by atoms with van der Waals surface area (Å²) >= 11 is 6.11. The second kappa shape index (κ2) is 8.69. The number of benzene rings is 2. The number of alkyl halides is 3. The molecule has 0 radical (unpaired) electrons. The maximum Gasteiger partial charge on any atom is 0.433 e. The van der Waals surface area contributed by atoms with Crippen LogP contribution in [-0.4, -0.2) is 18.1 Å². The number of carbonyl (C=O) groups is 1. The predicted octanol–water partition coefficient (Wildman–Crippen LogP) is 5.59. The second-order valence-corrected chi connectivity index (χ2v) is 6.71. The highest BCUT2D eigenvalue weighted by molar-refractivity contribution is 6.35. The van der Waals surface area contributed by atoms with E-state index in [2.05, 4.69) is 9.72 Å². The first-order valence-corrected chi connectivity index (χ1v) is 9.09. The number of nitrogens with zero attached hydrogens (tertiary/aromatic N) is 1. The highest BCUT2D eigenvalue weighted by Gasteiger charge is 2.33. The number of rotatable bonds is 6. The van der Waals surface area contributed by atoms with Gasteiger partial charge in [-0.05, 0) is 36.2 Å². The standard InChI is InChI=1S/C21H17ClF3NO3/c1-28-19(27)10-7-13-5-8-15(9-6-13)29-12-14-3-2-4-17-20(14)16(22)11-18(26-17)21(23,24)25/h2-6,8-9,11H,7,10,12H2,1H3. The van der Waals surface area contributed by atoms with E-state index in [-0.39, 0.29) is 29.5 Å². The van der Waals surface area contributed by atoms with Crippen LogP contribution in [0.2, 0.25) is 5.02 Å². The molecule has 1 aromatic heterocycles. The Hall–Kier alpha value is -2.80. The van der Waals surface area contributed by atoms with Crippen LogP contribution < -0.4 is 4.74 Å². The first kappa shape index (κ1) is 20.9. The average molecular weight is 424 g/mol. The molecular formula is C21H17ClF3NO3. The molecule has 0 saturated carbocycles. The molecule has 152 valence electrons. The lowest BCUT2D eigenvalue weighted by molar-refractivity contribution is -0.141. The molecule has 0 aliphatic heterocycles. The van der Waals surface area contributed by atoms with Crippen LogP contribution in [0.3, 0.4) is 0 Å². The van der Waals surface area contributed by atoms with Crippen LogP contribution in [0.1, 0.15) is 23.2 Å². The van der Waals surface area contributed by atoms with Gasteiger partial charge in [0.05, 0.1) is 17.6 Å². The third-order valence-electron chi connectivity index (χ3n) is 4.33. The number of methoxy groups -OCH3 is 1. The van der Waals surface area contributed by atoms with Gasteiger partial charge in [-0.1, -0.05) is 35.9 Å². The minimum absolute atomic E-state index is 0.0281. The zero-order valence-corrected chi connectivity index (χ0v) is 16.2. The Morgan fingerprint density at radius 1 is 1.14 bits per heavy atom. The van der Waals surface area contributed by atoms with E-state index < -0.39 is 11.9 Å². The van der Waals surface area contributed by atoms with Crippen molar-refractivity contribution in [2.45, 2.75) is 25.6 Å². The number of pyridine rings is 1. The van der Waals surface area contributed by atoms with Gasteiger partial charge in [-0.15, -0.1) is 0 Å². The SMILES string of the molecule is COC(=O)CCc1ccc(OCc2cccc3nc(C(F)(F)F)cc(Cl)c23)cc1. The molecule has 2 aromatic carbocycles. The number of hydrogen-bond donors (Lipinski definition) is 0. The van der Waals surface area contributed by atoms with Gasteiger partial charge >= 0.3 is 12.1 Å². The van der Waals surface area contributed by atoms with Gasteiger partial charge < -0.3 is 9.47 Å². The van der Waals surface area contributed by atoms with Crippen molar-refractivity contribution in [2.24, 2.45) is 0 Å². The van der Waals surface area contributed by atoms with Crippen molar-refractivity contribution in [1.82, 2.24) is 4.98 Å². The van der Waals surface area contributed by atoms with Gasteiger partial charge in [-0.25, -0.2) is 4.98 Å². The maximum absolute atomic E-state index is 12.9. The van der Waals surface area contributed by atoms with E-state index in [4.69, 9.17) is 16.3 Å². The molecule has 0 saturated heterocycles. The fraction of sp³-hybridized carbons (Fsp3) is 0.238. The van der Waals surface area contributed by atoms with Gasteiger partial charge in [-0.3, -0.25) is 4.79 Å². The number of carbonyl (C=O) groups excluding carboxylic acids is 1. The fourth-order valence-corrected chi connectivity index (χ4v) is 3.16. The topological polar surface area (TPSA) is 48.4 Å². The molecule has 1 heterocycles. The van der Waals surface area contributed by atoms with Crippen LogP contribution in [0.5, 0.6) is 5.75 Å². The zero-order chi connectivity index (χ0) is 21.0. The molecular weight excluding hydrogens is 407 g/mol. The van der Waals surface area contributed by atoms with Crippen molar-refractivity contribution in [3.05, 3.63) is 70.4 Å². The maximum atomic E-state index is 12.9. The van der Waals surface area contributed by atoms with Crippen molar-refractivity contribution in [1.29, 1.82) is 0 Å². The Kier molecular flexibility index (Phi) is 6.27. The van der Waals surface area contributed by atoms with Crippen LogP contribution in [-0.2, 0) is 28.7 Å². The van der Waals surface area contributed by atoms with Crippen molar-refractivity contribution in [2.75, 3.05) is 7.11 Å². The van der Waals surface area contributed by atoms with Crippen LogP contribution in [0, 0.1) is 0 Å². The summed E-state index contributed by atoms with van der Waals surface area (Å²) in [6.45, 7) is 0.117. The number of ether oxygens (including phenoxy) is 2. The normalized spacial score (nSPS) is 11.5. The fourth-order valence-electron chi connectivity index (χ4n) is 2.84. The molecule has 0 atom stereocenters. The lowest BCUT2D eigenvalue weighted by Gasteiger charge is -2.13. The number of halogens is 4. The minimum atomic E-state index is -4.57. The highest BCUT2D eigenvalue weighted by Crippen LogP contribution is 2.34. The average Bonchev–Trinajstić information content (AvgIpc) is 2.70. The van der Waals surface area contributed by atoms with E-state index >= 15 is 0 Å². The van der Waals surface area contributed by atoms with E-state index in [1.807, 2.05) is 12.1 Å². The van der Waals surface area contributed by atoms with Crippen LogP contribution in [0.15, 0.2) is 48.5 Å². The summed E-state index contributed by atoms with van der Waals surface area (Å²) in [5, 5.41) is 0.400. The molecule has 0 aliphatic carbocycles. The highest BCUT2D eigenvalue weighted by atomic mass is 35.5. The van der Waals surface area contributed by atoms with Crippen LogP contribution >= 0.6 is 11.6 Å². The number of fused-ring (bicyclic) bond motifs is 1. The van der Waals surface area contributed by atoms with Crippen molar-refractivity contribution < 1.29 is 27.4 Å². The van der Waals surface area contributed by atoms with Gasteiger partial charge in [0.25, 0.3) is 0 Å². The van der Waals surface area contributed by atoms with Gasteiger partial charge in [0.15, 0.2) is 0 Å². The van der Waals surface area contributed by atoms with Crippen molar-refractivity contribution in [3.63, 3.8) is 0 Å². The zero-order valence-electron chi connectivity index (χ0n) is 15.4. The summed E-state index contributed by atoms with van der Waals surface area (Å²) < 4.78 is 49.2. The lowest BCUT2D eigenvalue weighted by Crippen LogP contribution is -2.08. The number of aryl methyl sites for hydroxylation is 1. The van der Waals surface area contributed by atoms with Gasteiger partial charge in [-0.2, -0.15) is 13.2 Å². The van der Waals surface area contributed by atoms with Gasteiger partial charge in [0, 0.05) is 17.4 Å². The number of aromatic nitrogens is 1. The summed E-state index contributed by atoms with van der Waals surface area (Å²) in [6.07, 6.45) is -3.73. The predicted molar refractivity (Wildman–Crippen MR) is 103 cm³/mol. The monoisotopic (exact) mass is 423 g/mol. The second-order valence-electron chi connectivity index (χ2n) is 6.31. The third kappa shape index (κ3) is 5.17. The molecule has 3 aromatic rings. The van der Waals surface area contributed by atoms with E-state index in [0.717, 1.165) is 11.6 Å². The van der Waals surface area contributed by atoms with Crippen molar-refractivity contribution >= 4 is 28.5 Å². The molecule has 0 N–H and O–H groups in total. The molecule has 0 amide bonds. The largest absolute Gasteiger partial charge is 0.489 e. The van der Waals surface area contributed by atoms with E-state index in [1.54, 1.807) is 24.3 Å². The van der Waals surface area contributed by atoms with E-state index in [9.17, 15) is 18.0 Å². The quantitative estimate of drug-likeness (QED) is 0.485. The van der Waals surface area contributed by atoms with Gasteiger partial charge in [0.2, 0.25) is 0 Å². The number of esters is 1. The molecule has 29 heavy (non-hydrogen) atoms. The van der Waals surface area contributed by atoms with E-state index in [0.29, 0.717) is 23.1 Å². The summed E-state index contributed by atoms with van der Waals surface area (Å²) in [4.78, 5) is 14.9. The Labute approximate surface area is 170 Å². The molecule has 8 heteroatoms. The smallest absolute Gasteiger partial charge is 0.433 e. The Balaban J connectivity index is 1.74. The molecule has 0 spiro atoms. The summed E-state index contributed by atoms with van der Waals surface area (Å²) in [6, 6.07) is 12.9. The summed E-state index contributed by atoms with van der Waals surface area (Å²) in [7, 11) is 1.35. The minimum Gasteiger partial charge on any atom is -0.489 e. The Morgan fingerprint density at radius 3 is 2.52 bits per heavy atom. The lowest BCUT2D eigenvalue weighted by atomic mass is 10.1. The number of hydrogen-bond acceptors (Lipinski definition) is 4. The summed E-state index contributed by atoms with van der Waals surface area (Å²) in [5.74, 6) is 0.306. The molecule has 0 bridgehead atoms. The van der Waals surface area contributed by atoms with Crippen molar-refractivity contribution in [3.8, 4) is 5.75 Å².